The summed E-state index contributed by atoms with van der Waals surface area (Å²) in [6, 6.07) is 0. The molecule has 0 radical (unpaired) electrons. The summed E-state index contributed by atoms with van der Waals surface area (Å²) in [5.74, 6) is -3.18. The molecule has 15 heteroatoms. The Morgan fingerprint density at radius 1 is 0.733 bits per heavy atom. The molecule has 2 saturated heterocycles. The predicted octanol–water partition coefficient (Wildman–Crippen LogP) is 3.84. The first-order valence-electron chi connectivity index (χ1n) is 21.8. The molecule has 0 spiro atoms. The maximum Gasteiger partial charge on any atom is 0.333 e. The van der Waals surface area contributed by atoms with Crippen molar-refractivity contribution in [1.29, 1.82) is 0 Å². The van der Waals surface area contributed by atoms with Crippen LogP contribution in [0.15, 0.2) is 23.3 Å². The number of esters is 2. The molecule has 2 aliphatic heterocycles. The van der Waals surface area contributed by atoms with E-state index in [1.807, 2.05) is 6.92 Å². The summed E-state index contributed by atoms with van der Waals surface area (Å²) in [5, 5.41) is 47.7. The van der Waals surface area contributed by atoms with Crippen molar-refractivity contribution in [2.45, 2.75) is 199 Å². The van der Waals surface area contributed by atoms with Crippen molar-refractivity contribution in [2.24, 2.45) is 28.6 Å². The van der Waals surface area contributed by atoms with Gasteiger partial charge in [-0.25, -0.2) is 9.59 Å². The van der Waals surface area contributed by atoms with Gasteiger partial charge in [0.2, 0.25) is 0 Å². The van der Waals surface area contributed by atoms with Gasteiger partial charge in [0, 0.05) is 49.0 Å². The Kier molecular flexibility index (Phi) is 13.9. The molecule has 0 amide bonds. The first kappa shape index (κ1) is 47.2. The predicted molar refractivity (Wildman–Crippen MR) is 215 cm³/mol. The number of carbonyl (C=O) groups is 3. The van der Waals surface area contributed by atoms with Crippen LogP contribution in [0.3, 0.4) is 0 Å². The Morgan fingerprint density at radius 3 is 1.98 bits per heavy atom. The number of allylic oxidation sites excluding steroid dienone is 2. The molecule has 15 nitrogen and oxygen atoms in total. The summed E-state index contributed by atoms with van der Waals surface area (Å²) in [6.45, 7) is 15.5. The van der Waals surface area contributed by atoms with Crippen LogP contribution in [0.2, 0.25) is 0 Å². The summed E-state index contributed by atoms with van der Waals surface area (Å²) in [4.78, 5) is 40.9. The lowest BCUT2D eigenvalue weighted by Crippen LogP contribution is -2.81. The molecule has 4 aliphatic carbocycles. The molecule has 0 unspecified atom stereocenters. The molecular formula is C45H70O15. The number of aliphatic hydroxyl groups excluding tert-OH is 2. The number of carbonyl (C=O) groups excluding carboxylic acids is 3. The lowest BCUT2D eigenvalue weighted by molar-refractivity contribution is -0.353. The van der Waals surface area contributed by atoms with E-state index in [4.69, 9.17) is 37.9 Å². The second kappa shape index (κ2) is 17.7. The Bertz CT molecular complexity index is 1670. The SMILES string of the molecule is C/C=C(\C)C(=O)O[C@@H]1[C@@H](OC(=O)/C(C)=C/C)[C@]2(C)[C@@H](C(C)=O)CC[C@]2(O)[C@]2(O)CC[C@H]3C[C@@H](O[C@H]4C[C@@H](OC)[C@H](O[C@@H]5O[C@H](C)[C@@H](O)[C@@H](OC)[C@H]5O)[C@@H](C)O4)CC[C@]3(C)[C@@H]12. The molecule has 340 valence electrons. The van der Waals surface area contributed by atoms with E-state index in [9.17, 15) is 34.8 Å². The Morgan fingerprint density at radius 2 is 1.38 bits per heavy atom. The Labute approximate surface area is 354 Å². The third-order valence-electron chi connectivity index (χ3n) is 16.0. The van der Waals surface area contributed by atoms with Crippen molar-refractivity contribution in [3.05, 3.63) is 23.3 Å². The number of ether oxygens (including phenoxy) is 8. The minimum atomic E-state index is -1.85. The number of methoxy groups -OCH3 is 2. The standard InChI is InChI=1S/C45H70O15/c1-12-22(3)39(49)58-36-37-42(8)17-15-28(57-31-21-30(53-10)34(26(7)55-31)59-41-33(48)35(54-11)32(47)25(6)56-41)20-27(42)14-18-44(37,51)45(52)19-16-29(24(5)46)43(45,9)38(36)60-40(50)23(4)13-2/h12-13,25-38,41,47-48,51-52H,14-21H2,1-11H3/b22-12+,23-13+/t25-,26-,27+,28+,29-,30-,31+,32-,33-,34-,35-,36+,37-,38-,41+,42+,43+,44+,45-/m1/s1. The van der Waals surface area contributed by atoms with E-state index in [1.165, 1.54) is 14.0 Å². The fraction of sp³-hybridized carbons (Fsp3) is 0.844. The van der Waals surface area contributed by atoms with Gasteiger partial charge in [-0.3, -0.25) is 4.79 Å². The van der Waals surface area contributed by atoms with Crippen molar-refractivity contribution < 1.29 is 72.7 Å². The lowest BCUT2D eigenvalue weighted by atomic mass is 9.39. The molecule has 4 saturated carbocycles. The van der Waals surface area contributed by atoms with Crippen LogP contribution >= 0.6 is 0 Å². The molecule has 0 aromatic heterocycles. The Hall–Kier alpha value is -2.31. The van der Waals surface area contributed by atoms with Crippen molar-refractivity contribution in [3.63, 3.8) is 0 Å². The molecule has 2 heterocycles. The summed E-state index contributed by atoms with van der Waals surface area (Å²) in [5.41, 5.74) is -5.20. The zero-order chi connectivity index (χ0) is 44.3. The highest BCUT2D eigenvalue weighted by atomic mass is 16.7. The fourth-order valence-electron chi connectivity index (χ4n) is 12.3. The van der Waals surface area contributed by atoms with Crippen molar-refractivity contribution in [2.75, 3.05) is 14.2 Å². The average Bonchev–Trinajstić information content (AvgIpc) is 3.50. The van der Waals surface area contributed by atoms with E-state index in [2.05, 4.69) is 6.92 Å². The molecule has 6 fully saturated rings. The highest BCUT2D eigenvalue weighted by Gasteiger charge is 2.81. The summed E-state index contributed by atoms with van der Waals surface area (Å²) in [6.07, 6.45) is -3.60. The second-order valence-corrected chi connectivity index (χ2v) is 18.9. The van der Waals surface area contributed by atoms with E-state index in [1.54, 1.807) is 60.8 Å². The number of ketones is 1. The normalized spacial score (nSPS) is 48.4. The zero-order valence-electron chi connectivity index (χ0n) is 37.3. The smallest absolute Gasteiger partial charge is 0.333 e. The number of hydrogen-bond acceptors (Lipinski definition) is 15. The van der Waals surface area contributed by atoms with Gasteiger partial charge in [-0.2, -0.15) is 0 Å². The molecule has 0 aromatic rings. The van der Waals surface area contributed by atoms with Crippen LogP contribution in [0.25, 0.3) is 0 Å². The first-order valence-corrected chi connectivity index (χ1v) is 21.8. The van der Waals surface area contributed by atoms with Crippen LogP contribution in [0.1, 0.15) is 114 Å². The van der Waals surface area contributed by atoms with E-state index < -0.39 is 113 Å². The van der Waals surface area contributed by atoms with Gasteiger partial charge < -0.3 is 58.3 Å². The number of fused-ring (bicyclic) bond motifs is 5. The second-order valence-electron chi connectivity index (χ2n) is 18.9. The van der Waals surface area contributed by atoms with Gasteiger partial charge in [-0.1, -0.05) is 26.0 Å². The van der Waals surface area contributed by atoms with Crippen LogP contribution < -0.4 is 0 Å². The molecule has 6 rings (SSSR count). The van der Waals surface area contributed by atoms with E-state index in [0.29, 0.717) is 43.3 Å². The lowest BCUT2D eigenvalue weighted by Gasteiger charge is -2.69. The van der Waals surface area contributed by atoms with Gasteiger partial charge in [-0.15, -0.1) is 0 Å². The van der Waals surface area contributed by atoms with Gasteiger partial charge >= 0.3 is 11.9 Å². The minimum Gasteiger partial charge on any atom is -0.455 e. The third-order valence-corrected chi connectivity index (χ3v) is 16.0. The monoisotopic (exact) mass is 850 g/mol. The quantitative estimate of drug-likeness (QED) is 0.132. The molecule has 0 aromatic carbocycles. The summed E-state index contributed by atoms with van der Waals surface area (Å²) in [7, 11) is 2.98. The molecule has 0 bridgehead atoms. The number of Topliss-reactive ketones (excluding diaryl/α,β-unsaturated/α-hetero) is 1. The fourth-order valence-corrected chi connectivity index (χ4v) is 12.3. The van der Waals surface area contributed by atoms with Crippen LogP contribution in [-0.4, -0.2) is 137 Å². The van der Waals surface area contributed by atoms with Crippen LogP contribution in [0.4, 0.5) is 0 Å². The van der Waals surface area contributed by atoms with Crippen LogP contribution in [0, 0.1) is 28.6 Å². The molecule has 6 aliphatic rings. The van der Waals surface area contributed by atoms with Gasteiger partial charge in [0.25, 0.3) is 0 Å². The summed E-state index contributed by atoms with van der Waals surface area (Å²) >= 11 is 0. The Balaban J connectivity index is 1.27. The van der Waals surface area contributed by atoms with Gasteiger partial charge in [-0.05, 0) is 105 Å². The highest BCUT2D eigenvalue weighted by Crippen LogP contribution is 2.71. The first-order chi connectivity index (χ1) is 28.2. The number of hydrogen-bond donors (Lipinski definition) is 4. The number of rotatable bonds is 11. The van der Waals surface area contributed by atoms with E-state index in [0.717, 1.165) is 0 Å². The molecule has 4 N–H and O–H groups in total. The molecular weight excluding hydrogens is 780 g/mol. The topological polar surface area (TPSA) is 206 Å². The van der Waals surface area contributed by atoms with Crippen LogP contribution in [-0.2, 0) is 52.3 Å². The van der Waals surface area contributed by atoms with Gasteiger partial charge in [0.15, 0.2) is 12.6 Å². The maximum atomic E-state index is 13.8. The van der Waals surface area contributed by atoms with Gasteiger partial charge in [0.1, 0.15) is 53.6 Å². The van der Waals surface area contributed by atoms with Crippen molar-refractivity contribution in [1.82, 2.24) is 0 Å². The molecule has 19 atom stereocenters. The average molecular weight is 851 g/mol. The number of aliphatic hydroxyl groups is 4. The highest BCUT2D eigenvalue weighted by molar-refractivity contribution is 5.89. The molecule has 60 heavy (non-hydrogen) atoms. The van der Waals surface area contributed by atoms with E-state index >= 15 is 0 Å². The minimum absolute atomic E-state index is 0.0662. The maximum absolute atomic E-state index is 13.8. The van der Waals surface area contributed by atoms with Gasteiger partial charge in [0.05, 0.1) is 24.4 Å². The largest absolute Gasteiger partial charge is 0.455 e. The van der Waals surface area contributed by atoms with Crippen LogP contribution in [0.5, 0.6) is 0 Å². The third kappa shape index (κ3) is 7.64. The van der Waals surface area contributed by atoms with Crippen molar-refractivity contribution in [3.8, 4) is 0 Å². The summed E-state index contributed by atoms with van der Waals surface area (Å²) < 4.78 is 49.2. The van der Waals surface area contributed by atoms with E-state index in [-0.39, 0.29) is 37.1 Å². The zero-order valence-corrected chi connectivity index (χ0v) is 37.3. The van der Waals surface area contributed by atoms with Crippen molar-refractivity contribution >= 4 is 17.7 Å².